The van der Waals surface area contributed by atoms with Gasteiger partial charge in [-0.15, -0.1) is 0 Å². The molecule has 0 aliphatic heterocycles. The third kappa shape index (κ3) is 5.41. The minimum Gasteiger partial charge on any atom is -0.380 e. The third-order valence-corrected chi connectivity index (χ3v) is 4.72. The summed E-state index contributed by atoms with van der Waals surface area (Å²) < 4.78 is 5.49. The molecule has 0 aromatic carbocycles. The zero-order chi connectivity index (χ0) is 14.3. The molecule has 3 nitrogen and oxygen atoms in total. The van der Waals surface area contributed by atoms with Gasteiger partial charge in [0.15, 0.2) is 0 Å². The topological polar surface area (TPSA) is 24.5 Å². The lowest BCUT2D eigenvalue weighted by atomic mass is 9.72. The Bertz CT molecular complexity index is 235. The highest BCUT2D eigenvalue weighted by Gasteiger charge is 2.33. The van der Waals surface area contributed by atoms with Crippen molar-refractivity contribution in [3.8, 4) is 0 Å². The van der Waals surface area contributed by atoms with E-state index in [4.69, 9.17) is 4.74 Å². The molecule has 0 saturated heterocycles. The van der Waals surface area contributed by atoms with Gasteiger partial charge in [0.05, 0.1) is 6.61 Å². The zero-order valence-corrected chi connectivity index (χ0v) is 13.6. The smallest absolute Gasteiger partial charge is 0.0593 e. The molecule has 1 saturated carbocycles. The minimum absolute atomic E-state index is 0.680. The Kier molecular flexibility index (Phi) is 7.96. The van der Waals surface area contributed by atoms with E-state index in [9.17, 15) is 0 Å². The van der Waals surface area contributed by atoms with Gasteiger partial charge in [-0.25, -0.2) is 0 Å². The maximum absolute atomic E-state index is 5.49. The lowest BCUT2D eigenvalue weighted by Crippen LogP contribution is -2.48. The second kappa shape index (κ2) is 8.93. The lowest BCUT2D eigenvalue weighted by Gasteiger charge is -2.42. The highest BCUT2D eigenvalue weighted by Crippen LogP contribution is 2.34. The first-order chi connectivity index (χ1) is 9.12. The predicted molar refractivity (Wildman–Crippen MR) is 82.5 cm³/mol. The van der Waals surface area contributed by atoms with Crippen molar-refractivity contribution in [2.75, 3.05) is 39.9 Å². The number of rotatable bonds is 8. The molecule has 0 spiro atoms. The van der Waals surface area contributed by atoms with Crippen molar-refractivity contribution in [3.63, 3.8) is 0 Å². The van der Waals surface area contributed by atoms with Gasteiger partial charge in [0, 0.05) is 25.7 Å². The number of ether oxygens (including phenoxy) is 1. The van der Waals surface area contributed by atoms with Crippen LogP contribution in [0.1, 0.15) is 40.5 Å². The fraction of sp³-hybridized carbons (Fsp3) is 1.00. The number of nitrogens with one attached hydrogen (secondary N) is 1. The molecule has 0 heterocycles. The van der Waals surface area contributed by atoms with E-state index >= 15 is 0 Å². The first kappa shape index (κ1) is 16.9. The molecule has 0 bridgehead atoms. The molecule has 1 rings (SSSR count). The molecule has 1 N–H and O–H groups in total. The molecule has 1 aliphatic rings. The molecular formula is C16H34N2O. The number of likely N-dealkylation sites (N-methyl/N-ethyl adjacent to an activating group) is 1. The van der Waals surface area contributed by atoms with Crippen LogP contribution in [0.2, 0.25) is 0 Å². The SMILES string of the molecule is CCOCCN(CC)CC1C(C)CC(C)CC1NC. The molecule has 0 amide bonds. The Morgan fingerprint density at radius 1 is 1.21 bits per heavy atom. The highest BCUT2D eigenvalue weighted by atomic mass is 16.5. The molecule has 19 heavy (non-hydrogen) atoms. The van der Waals surface area contributed by atoms with Crippen molar-refractivity contribution >= 4 is 0 Å². The zero-order valence-electron chi connectivity index (χ0n) is 13.6. The Morgan fingerprint density at radius 2 is 1.95 bits per heavy atom. The van der Waals surface area contributed by atoms with Crippen LogP contribution in [-0.4, -0.2) is 50.8 Å². The van der Waals surface area contributed by atoms with Gasteiger partial charge in [0.1, 0.15) is 0 Å². The molecule has 0 aromatic rings. The number of hydrogen-bond donors (Lipinski definition) is 1. The van der Waals surface area contributed by atoms with E-state index in [0.29, 0.717) is 6.04 Å². The third-order valence-electron chi connectivity index (χ3n) is 4.72. The van der Waals surface area contributed by atoms with Crippen molar-refractivity contribution in [2.45, 2.75) is 46.6 Å². The van der Waals surface area contributed by atoms with Crippen molar-refractivity contribution in [2.24, 2.45) is 17.8 Å². The number of hydrogen-bond acceptors (Lipinski definition) is 3. The van der Waals surface area contributed by atoms with Crippen LogP contribution in [-0.2, 0) is 4.74 Å². The summed E-state index contributed by atoms with van der Waals surface area (Å²) in [5.41, 5.74) is 0. The summed E-state index contributed by atoms with van der Waals surface area (Å²) in [6, 6.07) is 0.680. The molecule has 4 unspecified atom stereocenters. The lowest BCUT2D eigenvalue weighted by molar-refractivity contribution is 0.0766. The van der Waals surface area contributed by atoms with Crippen molar-refractivity contribution in [1.82, 2.24) is 10.2 Å². The molecule has 1 aliphatic carbocycles. The van der Waals surface area contributed by atoms with E-state index in [2.05, 4.69) is 45.0 Å². The quantitative estimate of drug-likeness (QED) is 0.686. The van der Waals surface area contributed by atoms with Crippen LogP contribution in [0, 0.1) is 17.8 Å². The first-order valence-corrected chi connectivity index (χ1v) is 8.09. The van der Waals surface area contributed by atoms with E-state index in [-0.39, 0.29) is 0 Å². The Hall–Kier alpha value is -0.120. The minimum atomic E-state index is 0.680. The van der Waals surface area contributed by atoms with Crippen molar-refractivity contribution in [3.05, 3.63) is 0 Å². The summed E-state index contributed by atoms with van der Waals surface area (Å²) in [7, 11) is 2.12. The largest absolute Gasteiger partial charge is 0.380 e. The fourth-order valence-corrected chi connectivity index (χ4v) is 3.56. The predicted octanol–water partition coefficient (Wildman–Crippen LogP) is 2.62. The Labute approximate surface area is 120 Å². The Morgan fingerprint density at radius 3 is 2.53 bits per heavy atom. The fourth-order valence-electron chi connectivity index (χ4n) is 3.56. The van der Waals surface area contributed by atoms with Crippen LogP contribution in [0.15, 0.2) is 0 Å². The first-order valence-electron chi connectivity index (χ1n) is 8.09. The van der Waals surface area contributed by atoms with Gasteiger partial charge in [-0.1, -0.05) is 20.8 Å². The molecule has 4 atom stereocenters. The average Bonchev–Trinajstić information content (AvgIpc) is 2.39. The summed E-state index contributed by atoms with van der Waals surface area (Å²) in [5.74, 6) is 2.47. The summed E-state index contributed by atoms with van der Waals surface area (Å²) in [6.45, 7) is 14.3. The molecule has 114 valence electrons. The van der Waals surface area contributed by atoms with Gasteiger partial charge < -0.3 is 15.0 Å². The maximum Gasteiger partial charge on any atom is 0.0593 e. The van der Waals surface area contributed by atoms with Gasteiger partial charge in [0.25, 0.3) is 0 Å². The van der Waals surface area contributed by atoms with Crippen LogP contribution in [0.25, 0.3) is 0 Å². The van der Waals surface area contributed by atoms with Crippen LogP contribution in [0.4, 0.5) is 0 Å². The molecule has 0 radical (unpaired) electrons. The standard InChI is InChI=1S/C16H34N2O/c1-6-18(8-9-19-7-2)12-15-14(4)10-13(3)11-16(15)17-5/h13-17H,6-12H2,1-5H3. The van der Waals surface area contributed by atoms with Crippen LogP contribution >= 0.6 is 0 Å². The van der Waals surface area contributed by atoms with E-state index in [0.717, 1.165) is 44.1 Å². The van der Waals surface area contributed by atoms with Gasteiger partial charge in [-0.05, 0) is 51.1 Å². The number of nitrogens with zero attached hydrogens (tertiary/aromatic N) is 1. The van der Waals surface area contributed by atoms with Crippen LogP contribution < -0.4 is 5.32 Å². The summed E-state index contributed by atoms with van der Waals surface area (Å²) in [5, 5.41) is 3.55. The second-order valence-electron chi connectivity index (χ2n) is 6.20. The van der Waals surface area contributed by atoms with Crippen molar-refractivity contribution < 1.29 is 4.74 Å². The monoisotopic (exact) mass is 270 g/mol. The van der Waals surface area contributed by atoms with Gasteiger partial charge in [-0.2, -0.15) is 0 Å². The van der Waals surface area contributed by atoms with E-state index in [1.54, 1.807) is 0 Å². The highest BCUT2D eigenvalue weighted by molar-refractivity contribution is 4.88. The summed E-state index contributed by atoms with van der Waals surface area (Å²) in [6.07, 6.45) is 2.71. The van der Waals surface area contributed by atoms with Gasteiger partial charge in [-0.3, -0.25) is 0 Å². The molecule has 0 aromatic heterocycles. The molecule has 3 heteroatoms. The molecular weight excluding hydrogens is 236 g/mol. The van der Waals surface area contributed by atoms with Gasteiger partial charge in [0.2, 0.25) is 0 Å². The second-order valence-corrected chi connectivity index (χ2v) is 6.20. The average molecular weight is 270 g/mol. The van der Waals surface area contributed by atoms with E-state index in [1.165, 1.54) is 19.4 Å². The Balaban J connectivity index is 2.50. The summed E-state index contributed by atoms with van der Waals surface area (Å²) in [4.78, 5) is 2.55. The van der Waals surface area contributed by atoms with Crippen LogP contribution in [0.5, 0.6) is 0 Å². The van der Waals surface area contributed by atoms with Crippen molar-refractivity contribution in [1.29, 1.82) is 0 Å². The maximum atomic E-state index is 5.49. The van der Waals surface area contributed by atoms with Gasteiger partial charge >= 0.3 is 0 Å². The summed E-state index contributed by atoms with van der Waals surface area (Å²) >= 11 is 0. The van der Waals surface area contributed by atoms with Crippen LogP contribution in [0.3, 0.4) is 0 Å². The van der Waals surface area contributed by atoms with E-state index < -0.39 is 0 Å². The molecule has 1 fully saturated rings. The van der Waals surface area contributed by atoms with E-state index in [1.807, 2.05) is 0 Å². The normalized spacial score (nSPS) is 31.9.